The van der Waals surface area contributed by atoms with Gasteiger partial charge < -0.3 is 4.57 Å². The van der Waals surface area contributed by atoms with Crippen molar-refractivity contribution in [3.8, 4) is 0 Å². The van der Waals surface area contributed by atoms with E-state index in [1.54, 1.807) is 16.8 Å². The molecule has 0 saturated carbocycles. The molecule has 1 rings (SSSR count). The van der Waals surface area contributed by atoms with Gasteiger partial charge in [-0.2, -0.15) is 0 Å². The summed E-state index contributed by atoms with van der Waals surface area (Å²) in [7, 11) is 0. The molecular formula is C10H12BrNO2. The summed E-state index contributed by atoms with van der Waals surface area (Å²) in [4.78, 5) is 22.3. The number of hydrogen-bond donors (Lipinski definition) is 0. The number of ketones is 1. The highest BCUT2D eigenvalue weighted by Crippen LogP contribution is 2.06. The van der Waals surface area contributed by atoms with E-state index in [0.717, 1.165) is 5.56 Å². The summed E-state index contributed by atoms with van der Waals surface area (Å²) >= 11 is 3.19. The maximum absolute atomic E-state index is 11.5. The maximum Gasteiger partial charge on any atom is 0.264 e. The minimum Gasteiger partial charge on any atom is -0.314 e. The van der Waals surface area contributed by atoms with Crippen molar-refractivity contribution in [1.82, 2.24) is 4.57 Å². The topological polar surface area (TPSA) is 39.1 Å². The Kier molecular flexibility index (Phi) is 3.63. The Balaban J connectivity index is 2.97. The van der Waals surface area contributed by atoms with Gasteiger partial charge in [-0.05, 0) is 41.4 Å². The molecule has 0 N–H and O–H groups in total. The normalized spacial score (nSPS) is 10.2. The quantitative estimate of drug-likeness (QED) is 0.830. The molecule has 0 unspecified atom stereocenters. The van der Waals surface area contributed by atoms with E-state index in [2.05, 4.69) is 15.9 Å². The molecule has 1 aromatic rings. The van der Waals surface area contributed by atoms with Gasteiger partial charge in [0.15, 0.2) is 0 Å². The van der Waals surface area contributed by atoms with Crippen LogP contribution in [-0.2, 0) is 11.3 Å². The Morgan fingerprint density at radius 3 is 2.79 bits per heavy atom. The first-order chi connectivity index (χ1) is 6.50. The molecule has 0 fully saturated rings. The van der Waals surface area contributed by atoms with Gasteiger partial charge in [-0.15, -0.1) is 0 Å². The van der Waals surface area contributed by atoms with Gasteiger partial charge in [0.2, 0.25) is 0 Å². The van der Waals surface area contributed by atoms with Crippen molar-refractivity contribution in [3.05, 3.63) is 32.7 Å². The van der Waals surface area contributed by atoms with Crippen molar-refractivity contribution >= 4 is 21.7 Å². The molecule has 4 heteroatoms. The third-order valence-corrected chi connectivity index (χ3v) is 2.45. The molecule has 0 aromatic carbocycles. The zero-order valence-corrected chi connectivity index (χ0v) is 9.80. The number of nitrogens with zero attached hydrogens (tertiary/aromatic N) is 1. The summed E-state index contributed by atoms with van der Waals surface area (Å²) in [6.07, 6.45) is 2.16. The third kappa shape index (κ3) is 2.80. The van der Waals surface area contributed by atoms with Gasteiger partial charge in [0.25, 0.3) is 5.56 Å². The van der Waals surface area contributed by atoms with Crippen LogP contribution in [-0.4, -0.2) is 10.4 Å². The lowest BCUT2D eigenvalue weighted by molar-refractivity contribution is -0.117. The van der Waals surface area contributed by atoms with E-state index in [1.807, 2.05) is 6.92 Å². The number of Topliss-reactive ketones (excluding diaryl/α,β-unsaturated/α-hetero) is 1. The lowest BCUT2D eigenvalue weighted by Crippen LogP contribution is -2.21. The molecule has 0 aliphatic rings. The van der Waals surface area contributed by atoms with Crippen molar-refractivity contribution in [2.45, 2.75) is 26.8 Å². The number of halogens is 1. The highest BCUT2D eigenvalue weighted by molar-refractivity contribution is 9.10. The number of rotatable bonds is 3. The zero-order chi connectivity index (χ0) is 10.7. The van der Waals surface area contributed by atoms with Crippen LogP contribution in [0.25, 0.3) is 0 Å². The van der Waals surface area contributed by atoms with Crippen molar-refractivity contribution in [3.63, 3.8) is 0 Å². The Labute approximate surface area is 90.9 Å². The second-order valence-electron chi connectivity index (χ2n) is 3.32. The minimum absolute atomic E-state index is 0.0862. The van der Waals surface area contributed by atoms with Crippen LogP contribution >= 0.6 is 15.9 Å². The van der Waals surface area contributed by atoms with Crippen molar-refractivity contribution < 1.29 is 4.79 Å². The van der Waals surface area contributed by atoms with E-state index in [1.165, 1.54) is 6.92 Å². The second kappa shape index (κ2) is 4.55. The summed E-state index contributed by atoms with van der Waals surface area (Å²) in [5, 5.41) is 0. The predicted molar refractivity (Wildman–Crippen MR) is 58.4 cm³/mol. The molecule has 0 amide bonds. The molecule has 3 nitrogen and oxygen atoms in total. The first-order valence-corrected chi connectivity index (χ1v) is 5.16. The molecule has 0 radical (unpaired) electrons. The van der Waals surface area contributed by atoms with Crippen LogP contribution in [0.15, 0.2) is 21.5 Å². The summed E-state index contributed by atoms with van der Waals surface area (Å²) in [5.41, 5.74) is 0.914. The van der Waals surface area contributed by atoms with Gasteiger partial charge in [-0.3, -0.25) is 9.59 Å². The monoisotopic (exact) mass is 257 g/mol. The number of hydrogen-bond acceptors (Lipinski definition) is 2. The van der Waals surface area contributed by atoms with Crippen LogP contribution in [0.4, 0.5) is 0 Å². The molecule has 0 aliphatic carbocycles. The number of pyridine rings is 1. The lowest BCUT2D eigenvalue weighted by Gasteiger charge is -2.05. The van der Waals surface area contributed by atoms with Crippen molar-refractivity contribution in [1.29, 1.82) is 0 Å². The first kappa shape index (κ1) is 11.2. The van der Waals surface area contributed by atoms with Crippen LogP contribution in [0, 0.1) is 6.92 Å². The van der Waals surface area contributed by atoms with E-state index >= 15 is 0 Å². The number of aromatic nitrogens is 1. The highest BCUT2D eigenvalue weighted by Gasteiger charge is 2.02. The highest BCUT2D eigenvalue weighted by atomic mass is 79.9. The molecule has 0 spiro atoms. The molecule has 14 heavy (non-hydrogen) atoms. The molecule has 0 saturated heterocycles. The number of carbonyl (C=O) groups excluding carboxylic acids is 1. The molecule has 0 bridgehead atoms. The van der Waals surface area contributed by atoms with Gasteiger partial charge in [-0.25, -0.2) is 0 Å². The average Bonchev–Trinajstić information content (AvgIpc) is 2.08. The van der Waals surface area contributed by atoms with E-state index < -0.39 is 0 Å². The molecule has 0 atom stereocenters. The van der Waals surface area contributed by atoms with E-state index in [-0.39, 0.29) is 11.3 Å². The standard InChI is InChI=1S/C10H12BrNO2/c1-7-5-9(11)10(14)12(6-7)4-3-8(2)13/h5-6H,3-4H2,1-2H3. The molecule has 76 valence electrons. The van der Waals surface area contributed by atoms with E-state index in [4.69, 9.17) is 0 Å². The summed E-state index contributed by atoms with van der Waals surface area (Å²) in [6.45, 7) is 3.89. The van der Waals surface area contributed by atoms with Crippen LogP contribution < -0.4 is 5.56 Å². The fraction of sp³-hybridized carbons (Fsp3) is 0.400. The van der Waals surface area contributed by atoms with Gasteiger partial charge in [0.05, 0.1) is 4.47 Å². The first-order valence-electron chi connectivity index (χ1n) is 4.36. The van der Waals surface area contributed by atoms with Gasteiger partial charge in [-0.1, -0.05) is 0 Å². The number of aryl methyl sites for hydroxylation is 2. The van der Waals surface area contributed by atoms with Crippen LogP contribution in [0.1, 0.15) is 18.9 Å². The fourth-order valence-corrected chi connectivity index (χ4v) is 1.77. The summed E-state index contributed by atoms with van der Waals surface area (Å²) in [6, 6.07) is 1.77. The van der Waals surface area contributed by atoms with Crippen LogP contribution in [0.3, 0.4) is 0 Å². The van der Waals surface area contributed by atoms with E-state index in [0.29, 0.717) is 17.4 Å². The third-order valence-electron chi connectivity index (χ3n) is 1.88. The van der Waals surface area contributed by atoms with Crippen LogP contribution in [0.5, 0.6) is 0 Å². The molecule has 1 aromatic heterocycles. The van der Waals surface area contributed by atoms with Crippen molar-refractivity contribution in [2.75, 3.05) is 0 Å². The Hall–Kier alpha value is -0.900. The molecular weight excluding hydrogens is 246 g/mol. The lowest BCUT2D eigenvalue weighted by atomic mass is 10.3. The average molecular weight is 258 g/mol. The molecule has 1 heterocycles. The van der Waals surface area contributed by atoms with E-state index in [9.17, 15) is 9.59 Å². The Morgan fingerprint density at radius 2 is 2.21 bits per heavy atom. The minimum atomic E-state index is -0.0862. The Bertz CT molecular complexity index is 409. The summed E-state index contributed by atoms with van der Waals surface area (Å²) in [5.74, 6) is 0.0922. The van der Waals surface area contributed by atoms with Crippen molar-refractivity contribution in [2.24, 2.45) is 0 Å². The van der Waals surface area contributed by atoms with Crippen LogP contribution in [0.2, 0.25) is 0 Å². The Morgan fingerprint density at radius 1 is 1.57 bits per heavy atom. The smallest absolute Gasteiger partial charge is 0.264 e. The second-order valence-corrected chi connectivity index (χ2v) is 4.17. The fourth-order valence-electron chi connectivity index (χ4n) is 1.18. The predicted octanol–water partition coefficient (Wildman–Crippen LogP) is 1.90. The number of carbonyl (C=O) groups is 1. The summed E-state index contributed by atoms with van der Waals surface area (Å²) < 4.78 is 2.10. The maximum atomic E-state index is 11.5. The SMILES string of the molecule is CC(=O)CCn1cc(C)cc(Br)c1=O. The molecule has 0 aliphatic heterocycles. The van der Waals surface area contributed by atoms with Gasteiger partial charge in [0.1, 0.15) is 5.78 Å². The zero-order valence-electron chi connectivity index (χ0n) is 8.21. The van der Waals surface area contributed by atoms with Gasteiger partial charge in [0, 0.05) is 19.2 Å². The largest absolute Gasteiger partial charge is 0.314 e. The van der Waals surface area contributed by atoms with Gasteiger partial charge >= 0.3 is 0 Å².